The normalized spacial score (nSPS) is 19.0. The number of hydrogen-bond acceptors (Lipinski definition) is 4. The number of carbonyl (C=O) groups excluding carboxylic acids is 2. The van der Waals surface area contributed by atoms with E-state index in [1.54, 1.807) is 36.3 Å². The fraction of sp³-hybridized carbons (Fsp3) is 0.259. The molecule has 34 heavy (non-hydrogen) atoms. The van der Waals surface area contributed by atoms with Crippen molar-refractivity contribution in [2.45, 2.75) is 25.3 Å². The lowest BCUT2D eigenvalue weighted by Crippen LogP contribution is -2.51. The number of ether oxygens (including phenoxy) is 1. The molecule has 0 aliphatic carbocycles. The van der Waals surface area contributed by atoms with E-state index in [-0.39, 0.29) is 11.9 Å². The molecule has 1 fully saturated rings. The Morgan fingerprint density at radius 2 is 1.74 bits per heavy atom. The van der Waals surface area contributed by atoms with E-state index >= 15 is 0 Å². The van der Waals surface area contributed by atoms with Crippen molar-refractivity contribution in [3.05, 3.63) is 89.0 Å². The molecule has 1 spiro atoms. The summed E-state index contributed by atoms with van der Waals surface area (Å²) < 4.78 is 5.20. The first-order valence-corrected chi connectivity index (χ1v) is 12.3. The Labute approximate surface area is 203 Å². The van der Waals surface area contributed by atoms with Crippen molar-refractivity contribution in [1.82, 2.24) is 4.90 Å². The molecule has 1 saturated heterocycles. The minimum Gasteiger partial charge on any atom is -0.497 e. The molecule has 2 aliphatic heterocycles. The zero-order valence-corrected chi connectivity index (χ0v) is 20.3. The largest absolute Gasteiger partial charge is 0.497 e. The Hall–Kier alpha value is -3.45. The molecule has 2 aliphatic rings. The summed E-state index contributed by atoms with van der Waals surface area (Å²) in [6, 6.07) is 21.2. The molecule has 0 aromatic heterocycles. The van der Waals surface area contributed by atoms with Gasteiger partial charge in [0, 0.05) is 23.5 Å². The van der Waals surface area contributed by atoms with E-state index in [1.165, 1.54) is 17.3 Å². The lowest BCUT2D eigenvalue weighted by Gasteiger charge is -2.33. The van der Waals surface area contributed by atoms with Gasteiger partial charge in [-0.1, -0.05) is 47.5 Å². The maximum Gasteiger partial charge on any atom is 0.323 e. The number of nitrogens with one attached hydrogen (secondary N) is 1. The minimum atomic E-state index is -1.07. The van der Waals surface area contributed by atoms with Crippen LogP contribution < -0.4 is 15.0 Å². The number of nitrogens with zero attached hydrogens (tertiary/aromatic N) is 2. The van der Waals surface area contributed by atoms with Crippen LogP contribution in [0, 0.1) is 13.8 Å². The second-order valence-electron chi connectivity index (χ2n) is 8.70. The van der Waals surface area contributed by atoms with E-state index in [1.807, 2.05) is 36.9 Å². The Balaban J connectivity index is 1.50. The molecule has 7 heteroatoms. The lowest BCUT2D eigenvalue weighted by atomic mass is 10.0. The van der Waals surface area contributed by atoms with Crippen LogP contribution in [0.15, 0.2) is 66.7 Å². The first kappa shape index (κ1) is 22.3. The summed E-state index contributed by atoms with van der Waals surface area (Å²) in [7, 11) is 1.60. The molecule has 174 valence electrons. The van der Waals surface area contributed by atoms with Crippen LogP contribution >= 0.6 is 11.8 Å². The maximum absolute atomic E-state index is 14.1. The van der Waals surface area contributed by atoms with Crippen LogP contribution in [0.25, 0.3) is 0 Å². The smallest absolute Gasteiger partial charge is 0.323 e. The van der Waals surface area contributed by atoms with Crippen LogP contribution in [-0.2, 0) is 16.2 Å². The van der Waals surface area contributed by atoms with Crippen molar-refractivity contribution in [1.29, 1.82) is 0 Å². The van der Waals surface area contributed by atoms with Crippen LogP contribution in [0.3, 0.4) is 0 Å². The molecule has 6 nitrogen and oxygen atoms in total. The summed E-state index contributed by atoms with van der Waals surface area (Å²) in [6.45, 7) is 5.02. The SMILES string of the molecule is COc1ccc(NC(=O)N2CCSC23C(=O)N(Cc2ccc(C)cc2)c2ccc(C)cc23)cc1. The van der Waals surface area contributed by atoms with Crippen molar-refractivity contribution in [2.75, 3.05) is 29.6 Å². The Bertz CT molecular complexity index is 1240. The second kappa shape index (κ2) is 8.72. The Kier molecular flexibility index (Phi) is 5.73. The van der Waals surface area contributed by atoms with E-state index in [9.17, 15) is 9.59 Å². The van der Waals surface area contributed by atoms with E-state index < -0.39 is 4.87 Å². The second-order valence-corrected chi connectivity index (χ2v) is 9.99. The monoisotopic (exact) mass is 473 g/mol. The van der Waals surface area contributed by atoms with Crippen molar-refractivity contribution in [3.8, 4) is 5.75 Å². The van der Waals surface area contributed by atoms with Crippen LogP contribution in [-0.4, -0.2) is 36.2 Å². The minimum absolute atomic E-state index is 0.0685. The summed E-state index contributed by atoms with van der Waals surface area (Å²) in [4.78, 5) is 30.0. The highest BCUT2D eigenvalue weighted by atomic mass is 32.2. The fourth-order valence-electron chi connectivity index (χ4n) is 4.63. The van der Waals surface area contributed by atoms with Gasteiger partial charge in [-0.2, -0.15) is 0 Å². The van der Waals surface area contributed by atoms with Gasteiger partial charge in [0.25, 0.3) is 5.91 Å². The average molecular weight is 474 g/mol. The van der Waals surface area contributed by atoms with E-state index in [0.29, 0.717) is 30.3 Å². The van der Waals surface area contributed by atoms with Gasteiger partial charge in [0.05, 0.1) is 19.3 Å². The predicted molar refractivity (Wildman–Crippen MR) is 136 cm³/mol. The summed E-state index contributed by atoms with van der Waals surface area (Å²) in [5, 5.41) is 2.97. The van der Waals surface area contributed by atoms with Gasteiger partial charge in [-0.3, -0.25) is 9.69 Å². The predicted octanol–water partition coefficient (Wildman–Crippen LogP) is 5.29. The summed E-state index contributed by atoms with van der Waals surface area (Å²) in [5.74, 6) is 1.34. The number of fused-ring (bicyclic) bond motifs is 2. The van der Waals surface area contributed by atoms with E-state index in [4.69, 9.17) is 4.74 Å². The van der Waals surface area contributed by atoms with Crippen molar-refractivity contribution in [3.63, 3.8) is 0 Å². The molecule has 0 radical (unpaired) electrons. The van der Waals surface area contributed by atoms with Crippen LogP contribution in [0.4, 0.5) is 16.2 Å². The van der Waals surface area contributed by atoms with Gasteiger partial charge in [-0.25, -0.2) is 4.79 Å². The van der Waals surface area contributed by atoms with Crippen LogP contribution in [0.1, 0.15) is 22.3 Å². The molecule has 5 rings (SSSR count). The van der Waals surface area contributed by atoms with Crippen LogP contribution in [0.2, 0.25) is 0 Å². The third-order valence-electron chi connectivity index (χ3n) is 6.40. The molecule has 3 amide bonds. The number of carbonyl (C=O) groups is 2. The molecule has 0 bridgehead atoms. The van der Waals surface area contributed by atoms with E-state index in [2.05, 4.69) is 29.6 Å². The molecule has 0 saturated carbocycles. The zero-order valence-electron chi connectivity index (χ0n) is 19.5. The molecule has 1 unspecified atom stereocenters. The van der Waals surface area contributed by atoms with Gasteiger partial charge in [0.1, 0.15) is 5.75 Å². The third-order valence-corrected chi connectivity index (χ3v) is 7.82. The lowest BCUT2D eigenvalue weighted by molar-refractivity contribution is -0.123. The number of rotatable bonds is 4. The molecule has 1 atom stereocenters. The van der Waals surface area contributed by atoms with Gasteiger partial charge in [0.15, 0.2) is 4.87 Å². The van der Waals surface area contributed by atoms with E-state index in [0.717, 1.165) is 22.4 Å². The maximum atomic E-state index is 14.1. The average Bonchev–Trinajstić information content (AvgIpc) is 3.38. The highest BCUT2D eigenvalue weighted by Crippen LogP contribution is 2.54. The molecule has 1 N–H and O–H groups in total. The number of aryl methyl sites for hydroxylation is 2. The zero-order chi connectivity index (χ0) is 23.9. The summed E-state index contributed by atoms with van der Waals surface area (Å²) >= 11 is 1.54. The number of anilines is 2. The standard InChI is InChI=1S/C27H27N3O3S/c1-18-4-7-20(8-5-18)17-29-24-13-6-19(2)16-23(24)27(25(29)31)30(14-15-34-27)26(32)28-21-9-11-22(33-3)12-10-21/h4-13,16H,14-15,17H2,1-3H3,(H,28,32). The molecule has 3 aromatic carbocycles. The molecular weight excluding hydrogens is 446 g/mol. The number of hydrogen-bond donors (Lipinski definition) is 1. The molecule has 2 heterocycles. The topological polar surface area (TPSA) is 61.9 Å². The number of urea groups is 1. The van der Waals surface area contributed by atoms with Gasteiger partial charge in [-0.15, -0.1) is 11.8 Å². The highest BCUT2D eigenvalue weighted by Gasteiger charge is 2.59. The first-order valence-electron chi connectivity index (χ1n) is 11.3. The van der Waals surface area contributed by atoms with Crippen molar-refractivity contribution < 1.29 is 14.3 Å². The highest BCUT2D eigenvalue weighted by molar-refractivity contribution is 8.01. The third kappa shape index (κ3) is 3.70. The number of methoxy groups -OCH3 is 1. The first-order chi connectivity index (χ1) is 16.4. The number of benzene rings is 3. The fourth-order valence-corrected chi connectivity index (χ4v) is 6.08. The molecular formula is C27H27N3O3S. The van der Waals surface area contributed by atoms with Gasteiger partial charge in [0.2, 0.25) is 0 Å². The van der Waals surface area contributed by atoms with Gasteiger partial charge >= 0.3 is 6.03 Å². The number of thioether (sulfide) groups is 1. The van der Waals surface area contributed by atoms with Gasteiger partial charge < -0.3 is 15.0 Å². The van der Waals surface area contributed by atoms with Crippen LogP contribution in [0.5, 0.6) is 5.75 Å². The summed E-state index contributed by atoms with van der Waals surface area (Å²) in [5.41, 5.74) is 5.71. The Morgan fingerprint density at radius 1 is 1.03 bits per heavy atom. The van der Waals surface area contributed by atoms with Crippen molar-refractivity contribution >= 4 is 35.1 Å². The summed E-state index contributed by atoms with van der Waals surface area (Å²) in [6.07, 6.45) is 0. The quantitative estimate of drug-likeness (QED) is 0.559. The number of amides is 3. The van der Waals surface area contributed by atoms with Gasteiger partial charge in [-0.05, 0) is 49.7 Å². The molecule has 3 aromatic rings. The van der Waals surface area contributed by atoms with Crippen molar-refractivity contribution in [2.24, 2.45) is 0 Å². The Morgan fingerprint density at radius 3 is 2.44 bits per heavy atom.